The number of rotatable bonds is 5. The first-order chi connectivity index (χ1) is 6.81. The molecule has 84 valence electrons. The molecule has 0 amide bonds. The van der Waals surface area contributed by atoms with Crippen LogP contribution in [0.15, 0.2) is 0 Å². The minimum absolute atomic E-state index is 0.807. The molecule has 1 aliphatic carbocycles. The lowest BCUT2D eigenvalue weighted by Gasteiger charge is -2.36. The third-order valence-electron chi connectivity index (χ3n) is 3.67. The first-order valence-corrected chi connectivity index (χ1v) is 6.25. The van der Waals surface area contributed by atoms with Gasteiger partial charge in [0.05, 0.1) is 0 Å². The topological polar surface area (TPSA) is 29.3 Å². The molecule has 2 N–H and O–H groups in total. The van der Waals surface area contributed by atoms with Crippen LogP contribution >= 0.6 is 0 Å². The van der Waals surface area contributed by atoms with Gasteiger partial charge in [0.1, 0.15) is 0 Å². The van der Waals surface area contributed by atoms with Crippen LogP contribution < -0.4 is 5.73 Å². The lowest BCUT2D eigenvalue weighted by molar-refractivity contribution is 0.137. The van der Waals surface area contributed by atoms with Crippen molar-refractivity contribution in [1.29, 1.82) is 0 Å². The zero-order valence-electron chi connectivity index (χ0n) is 9.84. The number of nitrogens with two attached hydrogens (primary N) is 1. The number of hydrogen-bond donors (Lipinski definition) is 1. The van der Waals surface area contributed by atoms with Crippen molar-refractivity contribution in [2.45, 2.75) is 52.0 Å². The lowest BCUT2D eigenvalue weighted by Crippen LogP contribution is -2.41. The van der Waals surface area contributed by atoms with Crippen LogP contribution in [0.1, 0.15) is 46.0 Å². The van der Waals surface area contributed by atoms with E-state index in [1.807, 2.05) is 0 Å². The van der Waals surface area contributed by atoms with E-state index in [0.717, 1.165) is 31.6 Å². The fourth-order valence-corrected chi connectivity index (χ4v) is 2.73. The highest BCUT2D eigenvalue weighted by molar-refractivity contribution is 4.79. The Morgan fingerprint density at radius 1 is 1.29 bits per heavy atom. The van der Waals surface area contributed by atoms with Crippen LogP contribution in [0.3, 0.4) is 0 Å². The first kappa shape index (κ1) is 12.0. The maximum atomic E-state index is 5.64. The lowest BCUT2D eigenvalue weighted by atomic mass is 9.83. The summed E-state index contributed by atoms with van der Waals surface area (Å²) in [7, 11) is 0. The molecule has 0 aromatic carbocycles. The average Bonchev–Trinajstić information content (AvgIpc) is 2.26. The Labute approximate surface area is 88.8 Å². The highest BCUT2D eigenvalue weighted by atomic mass is 15.2. The van der Waals surface area contributed by atoms with Crippen molar-refractivity contribution < 1.29 is 0 Å². The fraction of sp³-hybridized carbons (Fsp3) is 1.00. The van der Waals surface area contributed by atoms with Crippen LogP contribution in [0.2, 0.25) is 0 Å². The van der Waals surface area contributed by atoms with Gasteiger partial charge in [0.2, 0.25) is 0 Å². The van der Waals surface area contributed by atoms with Crippen molar-refractivity contribution in [2.24, 2.45) is 11.7 Å². The Bertz CT molecular complexity index is 147. The zero-order valence-corrected chi connectivity index (χ0v) is 9.84. The van der Waals surface area contributed by atoms with E-state index < -0.39 is 0 Å². The zero-order chi connectivity index (χ0) is 10.4. The molecule has 1 fully saturated rings. The highest BCUT2D eigenvalue weighted by Crippen LogP contribution is 2.29. The molecule has 1 aliphatic rings. The standard InChI is InChI=1S/C12H26N2/c1-3-11-6-5-7-12(10-11)14(4-2)9-8-13/h11-12H,3-10,13H2,1-2H3. The van der Waals surface area contributed by atoms with Crippen LogP contribution in [0.25, 0.3) is 0 Å². The van der Waals surface area contributed by atoms with Crippen molar-refractivity contribution in [3.8, 4) is 0 Å². The molecule has 0 bridgehead atoms. The second-order valence-electron chi connectivity index (χ2n) is 4.51. The van der Waals surface area contributed by atoms with Crippen LogP contribution in [0, 0.1) is 5.92 Å². The van der Waals surface area contributed by atoms with Crippen molar-refractivity contribution in [3.05, 3.63) is 0 Å². The van der Waals surface area contributed by atoms with E-state index in [1.165, 1.54) is 32.1 Å². The third kappa shape index (κ3) is 3.25. The number of hydrogen-bond acceptors (Lipinski definition) is 2. The Morgan fingerprint density at radius 2 is 2.07 bits per heavy atom. The van der Waals surface area contributed by atoms with E-state index >= 15 is 0 Å². The number of nitrogens with zero attached hydrogens (tertiary/aromatic N) is 1. The summed E-state index contributed by atoms with van der Waals surface area (Å²) < 4.78 is 0. The van der Waals surface area contributed by atoms with Gasteiger partial charge >= 0.3 is 0 Å². The van der Waals surface area contributed by atoms with Crippen molar-refractivity contribution in [3.63, 3.8) is 0 Å². The summed E-state index contributed by atoms with van der Waals surface area (Å²) in [6.07, 6.45) is 7.03. The smallest absolute Gasteiger partial charge is 0.0107 e. The molecule has 2 atom stereocenters. The van der Waals surface area contributed by atoms with E-state index in [0.29, 0.717) is 0 Å². The Hall–Kier alpha value is -0.0800. The normalized spacial score (nSPS) is 28.3. The number of likely N-dealkylation sites (N-methyl/N-ethyl adjacent to an activating group) is 1. The molecule has 0 aromatic rings. The molecule has 0 spiro atoms. The molecule has 0 heterocycles. The second kappa shape index (κ2) is 6.41. The largest absolute Gasteiger partial charge is 0.329 e. The van der Waals surface area contributed by atoms with Gasteiger partial charge in [0.25, 0.3) is 0 Å². The monoisotopic (exact) mass is 198 g/mol. The molecule has 2 unspecified atom stereocenters. The van der Waals surface area contributed by atoms with Crippen LogP contribution in [0.4, 0.5) is 0 Å². The molecule has 0 aromatic heterocycles. The van der Waals surface area contributed by atoms with Gasteiger partial charge < -0.3 is 5.73 Å². The second-order valence-corrected chi connectivity index (χ2v) is 4.51. The summed E-state index contributed by atoms with van der Waals surface area (Å²) in [5, 5.41) is 0. The van der Waals surface area contributed by atoms with E-state index in [1.54, 1.807) is 0 Å². The van der Waals surface area contributed by atoms with Gasteiger partial charge in [-0.2, -0.15) is 0 Å². The van der Waals surface area contributed by atoms with E-state index in [4.69, 9.17) is 5.73 Å². The Balaban J connectivity index is 2.40. The van der Waals surface area contributed by atoms with Gasteiger partial charge in [0, 0.05) is 19.1 Å². The summed E-state index contributed by atoms with van der Waals surface area (Å²) in [6, 6.07) is 0.822. The molecule has 14 heavy (non-hydrogen) atoms. The van der Waals surface area contributed by atoms with Crippen molar-refractivity contribution in [2.75, 3.05) is 19.6 Å². The maximum absolute atomic E-state index is 5.64. The van der Waals surface area contributed by atoms with Gasteiger partial charge in [-0.1, -0.05) is 33.1 Å². The van der Waals surface area contributed by atoms with Gasteiger partial charge in [-0.25, -0.2) is 0 Å². The quantitative estimate of drug-likeness (QED) is 0.734. The summed E-state index contributed by atoms with van der Waals surface area (Å²) in [4.78, 5) is 2.57. The Morgan fingerprint density at radius 3 is 2.64 bits per heavy atom. The molecular weight excluding hydrogens is 172 g/mol. The predicted octanol–water partition coefficient (Wildman–Crippen LogP) is 2.24. The van der Waals surface area contributed by atoms with E-state index in [-0.39, 0.29) is 0 Å². The van der Waals surface area contributed by atoms with Gasteiger partial charge in [0.15, 0.2) is 0 Å². The molecule has 1 saturated carbocycles. The van der Waals surface area contributed by atoms with Gasteiger partial charge in [-0.15, -0.1) is 0 Å². The molecular formula is C12H26N2. The molecule has 2 heteroatoms. The average molecular weight is 198 g/mol. The van der Waals surface area contributed by atoms with E-state index in [9.17, 15) is 0 Å². The SMILES string of the molecule is CCC1CCCC(N(CC)CCN)C1. The first-order valence-electron chi connectivity index (χ1n) is 6.25. The molecule has 0 radical (unpaired) electrons. The van der Waals surface area contributed by atoms with Gasteiger partial charge in [-0.05, 0) is 25.3 Å². The summed E-state index contributed by atoms with van der Waals surface area (Å²) in [5.74, 6) is 0.973. The van der Waals surface area contributed by atoms with E-state index in [2.05, 4.69) is 18.7 Å². The fourth-order valence-electron chi connectivity index (χ4n) is 2.73. The van der Waals surface area contributed by atoms with Gasteiger partial charge in [-0.3, -0.25) is 4.90 Å². The minimum Gasteiger partial charge on any atom is -0.329 e. The summed E-state index contributed by atoms with van der Waals surface area (Å²) >= 11 is 0. The Kier molecular flexibility index (Phi) is 5.49. The molecule has 0 aliphatic heterocycles. The molecule has 0 saturated heterocycles. The molecule has 1 rings (SSSR count). The highest BCUT2D eigenvalue weighted by Gasteiger charge is 2.24. The molecule has 2 nitrogen and oxygen atoms in total. The van der Waals surface area contributed by atoms with Crippen LogP contribution in [-0.4, -0.2) is 30.6 Å². The summed E-state index contributed by atoms with van der Waals surface area (Å²) in [6.45, 7) is 7.63. The minimum atomic E-state index is 0.807. The van der Waals surface area contributed by atoms with Crippen molar-refractivity contribution >= 4 is 0 Å². The van der Waals surface area contributed by atoms with Crippen molar-refractivity contribution in [1.82, 2.24) is 4.90 Å². The predicted molar refractivity (Wildman–Crippen MR) is 62.3 cm³/mol. The van der Waals surface area contributed by atoms with Crippen LogP contribution in [-0.2, 0) is 0 Å². The van der Waals surface area contributed by atoms with Crippen LogP contribution in [0.5, 0.6) is 0 Å². The third-order valence-corrected chi connectivity index (χ3v) is 3.67. The maximum Gasteiger partial charge on any atom is 0.0107 e. The summed E-state index contributed by atoms with van der Waals surface area (Å²) in [5.41, 5.74) is 5.64.